The third-order valence-electron chi connectivity index (χ3n) is 8.36. The molecule has 2 N–H and O–H groups in total. The van der Waals surface area contributed by atoms with Gasteiger partial charge in [-0.15, -0.1) is 0 Å². The molecule has 34 heavy (non-hydrogen) atoms. The second-order valence-electron chi connectivity index (χ2n) is 10.7. The topological polar surface area (TPSA) is 81.8 Å². The molecule has 1 aromatic carbocycles. The van der Waals surface area contributed by atoms with Crippen LogP contribution in [0.15, 0.2) is 18.2 Å². The number of nitrogens with zero attached hydrogens (tertiary/aromatic N) is 2. The molecule has 4 aliphatic heterocycles. The third-order valence-corrected chi connectivity index (χ3v) is 8.36. The first kappa shape index (κ1) is 23.5. The van der Waals surface area contributed by atoms with Crippen molar-refractivity contribution in [1.82, 2.24) is 20.4 Å². The zero-order chi connectivity index (χ0) is 23.5. The van der Waals surface area contributed by atoms with Crippen LogP contribution in [-0.4, -0.2) is 59.7 Å². The minimum absolute atomic E-state index is 0.0628. The molecule has 3 fully saturated rings. The SMILES string of the molecule is O=C1CCC(N2Cc3cccc(CN4CCC(CCCC5CCCNC5)CC4)c3C2=O)C(=O)N1. The van der Waals surface area contributed by atoms with E-state index in [9.17, 15) is 14.4 Å². The summed E-state index contributed by atoms with van der Waals surface area (Å²) in [6.45, 7) is 5.82. The van der Waals surface area contributed by atoms with Gasteiger partial charge in [-0.3, -0.25) is 24.6 Å². The van der Waals surface area contributed by atoms with Crippen molar-refractivity contribution in [2.45, 2.75) is 76.9 Å². The highest BCUT2D eigenvalue weighted by molar-refractivity contribution is 6.05. The van der Waals surface area contributed by atoms with Crippen LogP contribution in [0, 0.1) is 11.8 Å². The maximum atomic E-state index is 13.3. The van der Waals surface area contributed by atoms with E-state index in [4.69, 9.17) is 0 Å². The number of fused-ring (bicyclic) bond motifs is 1. The number of carbonyl (C=O) groups is 3. The monoisotopic (exact) mass is 466 g/mol. The van der Waals surface area contributed by atoms with Gasteiger partial charge in [0.25, 0.3) is 5.91 Å². The van der Waals surface area contributed by atoms with Crippen molar-refractivity contribution in [2.24, 2.45) is 11.8 Å². The number of benzene rings is 1. The fraction of sp³-hybridized carbons (Fsp3) is 0.667. The van der Waals surface area contributed by atoms with E-state index in [1.165, 1.54) is 58.0 Å². The van der Waals surface area contributed by atoms with Crippen molar-refractivity contribution in [3.05, 3.63) is 34.9 Å². The molecule has 2 unspecified atom stereocenters. The highest BCUT2D eigenvalue weighted by Crippen LogP contribution is 2.32. The fourth-order valence-corrected chi connectivity index (χ4v) is 6.36. The van der Waals surface area contributed by atoms with E-state index in [1.807, 2.05) is 12.1 Å². The van der Waals surface area contributed by atoms with E-state index in [-0.39, 0.29) is 24.1 Å². The molecule has 4 heterocycles. The highest BCUT2D eigenvalue weighted by atomic mass is 16.2. The first-order valence-electron chi connectivity index (χ1n) is 13.3. The lowest BCUT2D eigenvalue weighted by Crippen LogP contribution is -2.52. The number of rotatable bonds is 7. The molecule has 1 aromatic rings. The number of piperidine rings is 3. The second kappa shape index (κ2) is 10.6. The number of nitrogens with one attached hydrogen (secondary N) is 2. The van der Waals surface area contributed by atoms with Crippen molar-refractivity contribution in [2.75, 3.05) is 26.2 Å². The normalized spacial score (nSPS) is 26.6. The van der Waals surface area contributed by atoms with E-state index in [0.717, 1.165) is 48.2 Å². The summed E-state index contributed by atoms with van der Waals surface area (Å²) in [6, 6.07) is 5.54. The summed E-state index contributed by atoms with van der Waals surface area (Å²) in [7, 11) is 0. The van der Waals surface area contributed by atoms with Crippen LogP contribution >= 0.6 is 0 Å². The molecule has 4 aliphatic rings. The summed E-state index contributed by atoms with van der Waals surface area (Å²) in [5, 5.41) is 5.92. The van der Waals surface area contributed by atoms with Gasteiger partial charge in [-0.05, 0) is 87.7 Å². The van der Waals surface area contributed by atoms with Crippen molar-refractivity contribution in [1.29, 1.82) is 0 Å². The average Bonchev–Trinajstić information content (AvgIpc) is 3.18. The van der Waals surface area contributed by atoms with Crippen molar-refractivity contribution < 1.29 is 14.4 Å². The quantitative estimate of drug-likeness (QED) is 0.604. The fourth-order valence-electron chi connectivity index (χ4n) is 6.36. The maximum absolute atomic E-state index is 13.3. The molecule has 0 spiro atoms. The Hall–Kier alpha value is -2.25. The highest BCUT2D eigenvalue weighted by Gasteiger charge is 2.40. The van der Waals surface area contributed by atoms with Gasteiger partial charge in [0.2, 0.25) is 11.8 Å². The number of imide groups is 1. The lowest BCUT2D eigenvalue weighted by atomic mass is 9.87. The van der Waals surface area contributed by atoms with Crippen LogP contribution in [0.3, 0.4) is 0 Å². The molecule has 2 atom stereocenters. The Labute approximate surface area is 202 Å². The first-order valence-corrected chi connectivity index (χ1v) is 13.3. The van der Waals surface area contributed by atoms with Gasteiger partial charge in [0.1, 0.15) is 6.04 Å². The molecule has 184 valence electrons. The van der Waals surface area contributed by atoms with Gasteiger partial charge in [-0.25, -0.2) is 0 Å². The lowest BCUT2D eigenvalue weighted by Gasteiger charge is -2.33. The molecule has 5 rings (SSSR count). The number of hydrogen-bond donors (Lipinski definition) is 2. The van der Waals surface area contributed by atoms with Crippen LogP contribution in [-0.2, 0) is 22.7 Å². The zero-order valence-corrected chi connectivity index (χ0v) is 20.2. The Morgan fingerprint density at radius 2 is 1.79 bits per heavy atom. The molecule has 7 nitrogen and oxygen atoms in total. The van der Waals surface area contributed by atoms with Crippen LogP contribution in [0.2, 0.25) is 0 Å². The number of likely N-dealkylation sites (tertiary alicyclic amines) is 1. The molecule has 0 saturated carbocycles. The molecule has 0 radical (unpaired) electrons. The van der Waals surface area contributed by atoms with Crippen LogP contribution in [0.25, 0.3) is 0 Å². The Morgan fingerprint density at radius 3 is 2.56 bits per heavy atom. The van der Waals surface area contributed by atoms with E-state index < -0.39 is 6.04 Å². The molecule has 7 heteroatoms. The summed E-state index contributed by atoms with van der Waals surface area (Å²) in [6.07, 6.45) is 9.99. The van der Waals surface area contributed by atoms with Crippen molar-refractivity contribution in [3.63, 3.8) is 0 Å². The molecule has 0 aliphatic carbocycles. The van der Waals surface area contributed by atoms with Gasteiger partial charge in [-0.1, -0.05) is 31.0 Å². The minimum atomic E-state index is -0.550. The maximum Gasteiger partial charge on any atom is 0.255 e. The molecular formula is C27H38N4O3. The molecular weight excluding hydrogens is 428 g/mol. The Bertz CT molecular complexity index is 918. The van der Waals surface area contributed by atoms with Crippen LogP contribution in [0.5, 0.6) is 0 Å². The van der Waals surface area contributed by atoms with Crippen molar-refractivity contribution in [3.8, 4) is 0 Å². The summed E-state index contributed by atoms with van der Waals surface area (Å²) in [5.74, 6) is 1.05. The van der Waals surface area contributed by atoms with E-state index in [1.54, 1.807) is 4.90 Å². The molecule has 3 saturated heterocycles. The van der Waals surface area contributed by atoms with Gasteiger partial charge in [0, 0.05) is 25.1 Å². The molecule has 3 amide bonds. The predicted molar refractivity (Wildman–Crippen MR) is 130 cm³/mol. The smallest absolute Gasteiger partial charge is 0.255 e. The van der Waals surface area contributed by atoms with Gasteiger partial charge in [0.05, 0.1) is 0 Å². The summed E-state index contributed by atoms with van der Waals surface area (Å²) in [4.78, 5) is 41.3. The van der Waals surface area contributed by atoms with Gasteiger partial charge < -0.3 is 10.2 Å². The summed E-state index contributed by atoms with van der Waals surface area (Å²) >= 11 is 0. The minimum Gasteiger partial charge on any atom is -0.322 e. The van der Waals surface area contributed by atoms with E-state index in [2.05, 4.69) is 21.6 Å². The van der Waals surface area contributed by atoms with Gasteiger partial charge in [-0.2, -0.15) is 0 Å². The lowest BCUT2D eigenvalue weighted by molar-refractivity contribution is -0.136. The molecule has 0 bridgehead atoms. The number of amides is 3. The largest absolute Gasteiger partial charge is 0.322 e. The van der Waals surface area contributed by atoms with Crippen LogP contribution in [0.1, 0.15) is 79.3 Å². The second-order valence-corrected chi connectivity index (χ2v) is 10.7. The Morgan fingerprint density at radius 1 is 0.971 bits per heavy atom. The first-order chi connectivity index (χ1) is 16.6. The average molecular weight is 467 g/mol. The van der Waals surface area contributed by atoms with Crippen LogP contribution in [0.4, 0.5) is 0 Å². The van der Waals surface area contributed by atoms with Gasteiger partial charge >= 0.3 is 0 Å². The number of carbonyl (C=O) groups excluding carboxylic acids is 3. The summed E-state index contributed by atoms with van der Waals surface area (Å²) in [5.41, 5.74) is 2.84. The van der Waals surface area contributed by atoms with Crippen LogP contribution < -0.4 is 10.6 Å². The van der Waals surface area contributed by atoms with E-state index >= 15 is 0 Å². The molecule has 0 aromatic heterocycles. The number of hydrogen-bond acceptors (Lipinski definition) is 5. The Kier molecular flexibility index (Phi) is 7.30. The van der Waals surface area contributed by atoms with Crippen molar-refractivity contribution >= 4 is 17.7 Å². The zero-order valence-electron chi connectivity index (χ0n) is 20.2. The third kappa shape index (κ3) is 5.20. The Balaban J connectivity index is 1.13. The van der Waals surface area contributed by atoms with E-state index in [0.29, 0.717) is 13.0 Å². The predicted octanol–water partition coefficient (Wildman–Crippen LogP) is 2.83. The standard InChI is InChI=1S/C27H38N4O3/c32-24-10-9-23(26(33)29-24)31-18-22-8-2-7-21(25(22)27(31)34)17-30-14-11-19(12-15-30)4-1-5-20-6-3-13-28-16-20/h2,7-8,19-20,23,28H,1,3-6,9-18H2,(H,29,32,33). The summed E-state index contributed by atoms with van der Waals surface area (Å²) < 4.78 is 0. The van der Waals surface area contributed by atoms with Gasteiger partial charge in [0.15, 0.2) is 0 Å².